The van der Waals surface area contributed by atoms with Crippen LogP contribution in [0.1, 0.15) is 24.6 Å². The van der Waals surface area contributed by atoms with Gasteiger partial charge in [-0.1, -0.05) is 6.92 Å². The normalized spacial score (nSPS) is 15.2. The van der Waals surface area contributed by atoms with Gasteiger partial charge in [0, 0.05) is 24.0 Å². The molecule has 0 atom stereocenters. The Morgan fingerprint density at radius 3 is 2.95 bits per heavy atom. The predicted molar refractivity (Wildman–Crippen MR) is 85.9 cm³/mol. The quantitative estimate of drug-likeness (QED) is 0.830. The van der Waals surface area contributed by atoms with Crippen molar-refractivity contribution in [2.45, 2.75) is 32.2 Å². The van der Waals surface area contributed by atoms with E-state index < -0.39 is 0 Å². The fourth-order valence-corrected chi connectivity index (χ4v) is 3.49. The molecular formula is C14H19ClN4S. The summed E-state index contributed by atoms with van der Waals surface area (Å²) >= 11 is 7.71. The van der Waals surface area contributed by atoms with Crippen LogP contribution in [0, 0.1) is 0 Å². The summed E-state index contributed by atoms with van der Waals surface area (Å²) in [6, 6.07) is 2.96. The van der Waals surface area contributed by atoms with Gasteiger partial charge in [0.15, 0.2) is 0 Å². The van der Waals surface area contributed by atoms with Crippen molar-refractivity contribution in [1.82, 2.24) is 14.9 Å². The molecule has 0 spiro atoms. The van der Waals surface area contributed by atoms with Gasteiger partial charge in [-0.25, -0.2) is 9.97 Å². The van der Waals surface area contributed by atoms with Crippen molar-refractivity contribution >= 4 is 39.0 Å². The number of thiophene rings is 1. The number of likely N-dealkylation sites (N-methyl/N-ethyl adjacent to an activating group) is 1. The molecule has 2 aromatic heterocycles. The second-order valence-corrected chi connectivity index (χ2v) is 6.72. The molecule has 2 aromatic rings. The molecule has 0 radical (unpaired) electrons. The largest absolute Gasteiger partial charge is 0.368 e. The first-order valence-electron chi connectivity index (χ1n) is 7.07. The third kappa shape index (κ3) is 3.05. The lowest BCUT2D eigenvalue weighted by Gasteiger charge is -2.16. The van der Waals surface area contributed by atoms with Gasteiger partial charge in [0.05, 0.1) is 5.39 Å². The number of hydrogen-bond acceptors (Lipinski definition) is 5. The summed E-state index contributed by atoms with van der Waals surface area (Å²) < 4.78 is 0. The summed E-state index contributed by atoms with van der Waals surface area (Å²) in [7, 11) is 2.18. The summed E-state index contributed by atoms with van der Waals surface area (Å²) in [5.41, 5.74) is 0. The van der Waals surface area contributed by atoms with Crippen LogP contribution in [0.5, 0.6) is 0 Å². The van der Waals surface area contributed by atoms with Crippen LogP contribution < -0.4 is 5.32 Å². The number of halogens is 1. The molecule has 108 valence electrons. The molecule has 1 aliphatic rings. The van der Waals surface area contributed by atoms with Gasteiger partial charge in [0.2, 0.25) is 5.28 Å². The van der Waals surface area contributed by atoms with Crippen LogP contribution in [0.3, 0.4) is 0 Å². The van der Waals surface area contributed by atoms with E-state index in [4.69, 9.17) is 11.6 Å². The van der Waals surface area contributed by atoms with Gasteiger partial charge in [-0.05, 0) is 44.0 Å². The number of aryl methyl sites for hydroxylation is 1. The van der Waals surface area contributed by atoms with Crippen molar-refractivity contribution < 1.29 is 0 Å². The zero-order valence-corrected chi connectivity index (χ0v) is 13.4. The van der Waals surface area contributed by atoms with Crippen LogP contribution >= 0.6 is 22.9 Å². The molecule has 3 rings (SSSR count). The average molecular weight is 311 g/mol. The van der Waals surface area contributed by atoms with Crippen LogP contribution in [0.2, 0.25) is 5.28 Å². The zero-order valence-electron chi connectivity index (χ0n) is 11.8. The SMILES string of the molecule is CCc1cc2c(NCCN(C)C3CC3)nc(Cl)nc2s1. The third-order valence-electron chi connectivity index (χ3n) is 3.69. The Labute approximate surface area is 128 Å². The molecule has 0 amide bonds. The number of aromatic nitrogens is 2. The Hall–Kier alpha value is -0.910. The van der Waals surface area contributed by atoms with Crippen molar-refractivity contribution in [2.24, 2.45) is 0 Å². The van der Waals surface area contributed by atoms with Gasteiger partial charge in [-0.15, -0.1) is 11.3 Å². The molecule has 0 aromatic carbocycles. The smallest absolute Gasteiger partial charge is 0.225 e. The first-order chi connectivity index (χ1) is 9.67. The van der Waals surface area contributed by atoms with Crippen LogP contribution in [0.4, 0.5) is 5.82 Å². The van der Waals surface area contributed by atoms with Crippen molar-refractivity contribution in [1.29, 1.82) is 0 Å². The lowest BCUT2D eigenvalue weighted by molar-refractivity contribution is 0.337. The van der Waals surface area contributed by atoms with Crippen LogP contribution in [-0.4, -0.2) is 41.0 Å². The number of hydrogen-bond donors (Lipinski definition) is 1. The van der Waals surface area contributed by atoms with E-state index in [2.05, 4.69) is 40.2 Å². The summed E-state index contributed by atoms with van der Waals surface area (Å²) in [5, 5.41) is 4.82. The summed E-state index contributed by atoms with van der Waals surface area (Å²) in [5.74, 6) is 0.861. The van der Waals surface area contributed by atoms with Crippen molar-refractivity contribution in [2.75, 3.05) is 25.5 Å². The molecule has 0 aliphatic heterocycles. The first-order valence-corrected chi connectivity index (χ1v) is 8.27. The molecule has 20 heavy (non-hydrogen) atoms. The number of nitrogens with one attached hydrogen (secondary N) is 1. The monoisotopic (exact) mass is 310 g/mol. The van der Waals surface area contributed by atoms with Gasteiger partial charge in [0.1, 0.15) is 10.6 Å². The van der Waals surface area contributed by atoms with E-state index in [1.165, 1.54) is 17.7 Å². The highest BCUT2D eigenvalue weighted by atomic mass is 35.5. The fourth-order valence-electron chi connectivity index (χ4n) is 2.30. The highest BCUT2D eigenvalue weighted by molar-refractivity contribution is 7.18. The van der Waals surface area contributed by atoms with E-state index in [1.54, 1.807) is 11.3 Å². The fraction of sp³-hybridized carbons (Fsp3) is 0.571. The van der Waals surface area contributed by atoms with E-state index in [9.17, 15) is 0 Å². The van der Waals surface area contributed by atoms with Crippen molar-refractivity contribution in [3.05, 3.63) is 16.2 Å². The summed E-state index contributed by atoms with van der Waals surface area (Å²) in [4.78, 5) is 13.3. The molecule has 0 unspecified atom stereocenters. The topological polar surface area (TPSA) is 41.0 Å². The maximum atomic E-state index is 6.01. The van der Waals surface area contributed by atoms with Crippen molar-refractivity contribution in [3.63, 3.8) is 0 Å². The second kappa shape index (κ2) is 5.84. The molecule has 1 N–H and O–H groups in total. The minimum atomic E-state index is 0.319. The zero-order chi connectivity index (χ0) is 14.1. The van der Waals surface area contributed by atoms with E-state index in [-0.39, 0.29) is 0 Å². The minimum absolute atomic E-state index is 0.319. The molecule has 6 heteroatoms. The predicted octanol–water partition coefficient (Wildman–Crippen LogP) is 3.41. The highest BCUT2D eigenvalue weighted by Crippen LogP contribution is 2.30. The molecule has 1 fully saturated rings. The highest BCUT2D eigenvalue weighted by Gasteiger charge is 2.25. The average Bonchev–Trinajstić information content (AvgIpc) is 3.19. The van der Waals surface area contributed by atoms with E-state index >= 15 is 0 Å². The molecule has 1 aliphatic carbocycles. The number of anilines is 1. The van der Waals surface area contributed by atoms with Crippen LogP contribution in [0.25, 0.3) is 10.2 Å². The van der Waals surface area contributed by atoms with Crippen LogP contribution in [-0.2, 0) is 6.42 Å². The maximum absolute atomic E-state index is 6.01. The number of rotatable bonds is 6. The van der Waals surface area contributed by atoms with Gasteiger partial charge in [-0.3, -0.25) is 0 Å². The summed E-state index contributed by atoms with van der Waals surface area (Å²) in [6.45, 7) is 4.06. The lowest BCUT2D eigenvalue weighted by atomic mass is 10.3. The van der Waals surface area contributed by atoms with Crippen LogP contribution in [0.15, 0.2) is 6.07 Å². The van der Waals surface area contributed by atoms with E-state index in [1.807, 2.05) is 0 Å². The maximum Gasteiger partial charge on any atom is 0.225 e. The Morgan fingerprint density at radius 2 is 2.25 bits per heavy atom. The van der Waals surface area contributed by atoms with Gasteiger partial charge >= 0.3 is 0 Å². The molecule has 0 saturated heterocycles. The standard InChI is InChI=1S/C14H19ClN4S/c1-3-10-8-11-12(17-14(15)18-13(11)20-10)16-6-7-19(2)9-4-5-9/h8-9H,3-7H2,1-2H3,(H,16,17,18). The second-order valence-electron chi connectivity index (χ2n) is 5.26. The summed E-state index contributed by atoms with van der Waals surface area (Å²) in [6.07, 6.45) is 3.69. The third-order valence-corrected chi connectivity index (χ3v) is 5.03. The van der Waals surface area contributed by atoms with Gasteiger partial charge in [-0.2, -0.15) is 0 Å². The van der Waals surface area contributed by atoms with Gasteiger partial charge in [0.25, 0.3) is 0 Å². The first kappa shape index (κ1) is 14.0. The number of fused-ring (bicyclic) bond motifs is 1. The minimum Gasteiger partial charge on any atom is -0.368 e. The molecular weight excluding hydrogens is 292 g/mol. The molecule has 2 heterocycles. The molecule has 1 saturated carbocycles. The number of nitrogens with zero attached hydrogens (tertiary/aromatic N) is 3. The Kier molecular flexibility index (Phi) is 4.10. The molecule has 4 nitrogen and oxygen atoms in total. The van der Waals surface area contributed by atoms with Crippen molar-refractivity contribution in [3.8, 4) is 0 Å². The Balaban J connectivity index is 1.73. The Morgan fingerprint density at radius 1 is 1.45 bits per heavy atom. The molecule has 0 bridgehead atoms. The Bertz CT molecular complexity index is 608. The lowest BCUT2D eigenvalue weighted by Crippen LogP contribution is -2.27. The van der Waals surface area contributed by atoms with E-state index in [0.717, 1.165) is 41.6 Å². The van der Waals surface area contributed by atoms with E-state index in [0.29, 0.717) is 5.28 Å². The van der Waals surface area contributed by atoms with Gasteiger partial charge < -0.3 is 10.2 Å².